The van der Waals surface area contributed by atoms with Gasteiger partial charge in [0.1, 0.15) is 11.2 Å². The van der Waals surface area contributed by atoms with E-state index in [9.17, 15) is 0 Å². The first-order valence-electron chi connectivity index (χ1n) is 4.72. The summed E-state index contributed by atoms with van der Waals surface area (Å²) >= 11 is 1.03. The zero-order chi connectivity index (χ0) is 11.4. The van der Waals surface area contributed by atoms with Crippen molar-refractivity contribution in [1.82, 2.24) is 9.78 Å². The number of hydrogen-bond donors (Lipinski definition) is 1. The number of nitrogens with two attached hydrogens (primary N) is 1. The van der Waals surface area contributed by atoms with Crippen molar-refractivity contribution in [3.05, 3.63) is 42.1 Å². The van der Waals surface area contributed by atoms with Crippen LogP contribution in [0.4, 0.5) is 5.82 Å². The van der Waals surface area contributed by atoms with Crippen LogP contribution >= 0.6 is 11.8 Å². The number of rotatable bonds is 3. The van der Waals surface area contributed by atoms with E-state index < -0.39 is 0 Å². The molecule has 0 aliphatic carbocycles. The summed E-state index contributed by atoms with van der Waals surface area (Å²) in [6.07, 6.45) is 1.62. The fourth-order valence-corrected chi connectivity index (χ4v) is 1.80. The Morgan fingerprint density at radius 3 is 2.81 bits per heavy atom. The van der Waals surface area contributed by atoms with Crippen molar-refractivity contribution in [2.24, 2.45) is 0 Å². The number of thiocyanates is 1. The van der Waals surface area contributed by atoms with E-state index in [1.807, 2.05) is 35.7 Å². The lowest BCUT2D eigenvalue weighted by Crippen LogP contribution is -2.05. The standard InChI is InChI=1S/C11H10N4S/c12-8-16-10-6-14-15(11(10)13)7-9-4-2-1-3-5-9/h1-6H,7,13H2. The Kier molecular flexibility index (Phi) is 3.13. The molecular weight excluding hydrogens is 220 g/mol. The molecule has 16 heavy (non-hydrogen) atoms. The molecule has 0 atom stereocenters. The monoisotopic (exact) mass is 230 g/mol. The van der Waals surface area contributed by atoms with Crippen LogP contribution in [-0.4, -0.2) is 9.78 Å². The molecule has 0 spiro atoms. The van der Waals surface area contributed by atoms with Crippen molar-refractivity contribution in [2.45, 2.75) is 11.4 Å². The zero-order valence-corrected chi connectivity index (χ0v) is 9.31. The van der Waals surface area contributed by atoms with E-state index in [0.717, 1.165) is 17.3 Å². The molecule has 4 nitrogen and oxygen atoms in total. The third-order valence-electron chi connectivity index (χ3n) is 2.18. The molecule has 0 bridgehead atoms. The Bertz CT molecular complexity index is 513. The number of thioether (sulfide) groups is 1. The highest BCUT2D eigenvalue weighted by molar-refractivity contribution is 8.03. The van der Waals surface area contributed by atoms with Gasteiger partial charge in [-0.2, -0.15) is 10.4 Å². The minimum Gasteiger partial charge on any atom is -0.383 e. The summed E-state index contributed by atoms with van der Waals surface area (Å²) in [4.78, 5) is 0.707. The van der Waals surface area contributed by atoms with Gasteiger partial charge in [-0.15, -0.1) is 0 Å². The Morgan fingerprint density at radius 1 is 1.38 bits per heavy atom. The first kappa shape index (κ1) is 10.6. The van der Waals surface area contributed by atoms with E-state index in [4.69, 9.17) is 11.0 Å². The molecule has 2 rings (SSSR count). The molecule has 0 amide bonds. The average molecular weight is 230 g/mol. The fourth-order valence-electron chi connectivity index (χ4n) is 1.39. The molecule has 1 aromatic heterocycles. The maximum Gasteiger partial charge on any atom is 0.138 e. The Hall–Kier alpha value is -1.93. The van der Waals surface area contributed by atoms with Crippen LogP contribution in [0.15, 0.2) is 41.4 Å². The van der Waals surface area contributed by atoms with Crippen LogP contribution in [0.1, 0.15) is 5.56 Å². The van der Waals surface area contributed by atoms with Gasteiger partial charge >= 0.3 is 0 Å². The minimum atomic E-state index is 0.537. The molecule has 0 saturated carbocycles. The second-order valence-corrected chi connectivity index (χ2v) is 4.06. The molecule has 80 valence electrons. The first-order valence-corrected chi connectivity index (χ1v) is 5.54. The van der Waals surface area contributed by atoms with Crippen LogP contribution in [0, 0.1) is 10.7 Å². The molecule has 0 aliphatic rings. The van der Waals surface area contributed by atoms with Crippen LogP contribution in [0.2, 0.25) is 0 Å². The van der Waals surface area contributed by atoms with Crippen molar-refractivity contribution in [3.8, 4) is 5.40 Å². The van der Waals surface area contributed by atoms with Gasteiger partial charge in [0.05, 0.1) is 17.6 Å². The third-order valence-corrected chi connectivity index (χ3v) is 2.80. The molecule has 0 aliphatic heterocycles. The number of anilines is 1. The topological polar surface area (TPSA) is 67.6 Å². The van der Waals surface area contributed by atoms with Crippen LogP contribution in [-0.2, 0) is 6.54 Å². The van der Waals surface area contributed by atoms with Crippen LogP contribution in [0.5, 0.6) is 0 Å². The lowest BCUT2D eigenvalue weighted by Gasteiger charge is -2.04. The lowest BCUT2D eigenvalue weighted by molar-refractivity contribution is 0.696. The summed E-state index contributed by atoms with van der Waals surface area (Å²) in [6.45, 7) is 0.624. The predicted molar refractivity (Wildman–Crippen MR) is 63.7 cm³/mol. The Morgan fingerprint density at radius 2 is 2.12 bits per heavy atom. The highest BCUT2D eigenvalue weighted by atomic mass is 32.2. The largest absolute Gasteiger partial charge is 0.383 e. The van der Waals surface area contributed by atoms with Gasteiger partial charge in [-0.05, 0) is 17.3 Å². The lowest BCUT2D eigenvalue weighted by atomic mass is 10.2. The highest BCUT2D eigenvalue weighted by Crippen LogP contribution is 2.23. The van der Waals surface area contributed by atoms with Crippen molar-refractivity contribution < 1.29 is 0 Å². The van der Waals surface area contributed by atoms with Gasteiger partial charge in [0.2, 0.25) is 0 Å². The molecule has 2 N–H and O–H groups in total. The van der Waals surface area contributed by atoms with Gasteiger partial charge in [0.15, 0.2) is 0 Å². The second-order valence-electron chi connectivity index (χ2n) is 3.23. The summed E-state index contributed by atoms with van der Waals surface area (Å²) in [6, 6.07) is 9.93. The van der Waals surface area contributed by atoms with Crippen molar-refractivity contribution in [3.63, 3.8) is 0 Å². The normalized spacial score (nSPS) is 9.94. The quantitative estimate of drug-likeness (QED) is 0.647. The van der Waals surface area contributed by atoms with Gasteiger partial charge in [0, 0.05) is 0 Å². The molecule has 1 heterocycles. The SMILES string of the molecule is N#CSc1cnn(Cc2ccccc2)c1N. The third kappa shape index (κ3) is 2.18. The maximum absolute atomic E-state index is 8.56. The number of nitrogen functional groups attached to an aromatic ring is 1. The number of aromatic nitrogens is 2. The smallest absolute Gasteiger partial charge is 0.138 e. The molecule has 2 aromatic rings. The van der Waals surface area contributed by atoms with Crippen molar-refractivity contribution in [1.29, 1.82) is 5.26 Å². The Labute approximate surface area is 97.7 Å². The molecule has 1 aromatic carbocycles. The van der Waals surface area contributed by atoms with Gasteiger partial charge < -0.3 is 5.73 Å². The van der Waals surface area contributed by atoms with E-state index in [-0.39, 0.29) is 0 Å². The van der Waals surface area contributed by atoms with Gasteiger partial charge in [-0.25, -0.2) is 4.68 Å². The molecular formula is C11H10N4S. The van der Waals surface area contributed by atoms with E-state index in [1.54, 1.807) is 10.9 Å². The number of nitriles is 1. The molecule has 0 radical (unpaired) electrons. The predicted octanol–water partition coefficient (Wildman–Crippen LogP) is 2.09. The minimum absolute atomic E-state index is 0.537. The summed E-state index contributed by atoms with van der Waals surface area (Å²) in [5.74, 6) is 0.537. The summed E-state index contributed by atoms with van der Waals surface area (Å²) < 4.78 is 1.69. The van der Waals surface area contributed by atoms with Gasteiger partial charge in [-0.1, -0.05) is 30.3 Å². The Balaban J connectivity index is 2.20. The first-order chi connectivity index (χ1) is 7.81. The molecule has 0 saturated heterocycles. The van der Waals surface area contributed by atoms with Crippen LogP contribution in [0.25, 0.3) is 0 Å². The van der Waals surface area contributed by atoms with E-state index in [0.29, 0.717) is 17.3 Å². The molecule has 0 fully saturated rings. The average Bonchev–Trinajstić information content (AvgIpc) is 2.64. The maximum atomic E-state index is 8.56. The van der Waals surface area contributed by atoms with E-state index >= 15 is 0 Å². The number of hydrogen-bond acceptors (Lipinski definition) is 4. The van der Waals surface area contributed by atoms with Gasteiger partial charge in [-0.3, -0.25) is 0 Å². The number of benzene rings is 1. The van der Waals surface area contributed by atoms with E-state index in [1.165, 1.54) is 0 Å². The fraction of sp³-hybridized carbons (Fsp3) is 0.0909. The summed E-state index contributed by atoms with van der Waals surface area (Å²) in [5, 5.41) is 14.7. The number of nitrogens with zero attached hydrogens (tertiary/aromatic N) is 3. The highest BCUT2D eigenvalue weighted by Gasteiger charge is 2.07. The van der Waals surface area contributed by atoms with Crippen molar-refractivity contribution >= 4 is 17.6 Å². The van der Waals surface area contributed by atoms with Crippen LogP contribution in [0.3, 0.4) is 0 Å². The van der Waals surface area contributed by atoms with E-state index in [2.05, 4.69) is 5.10 Å². The molecule has 5 heteroatoms. The summed E-state index contributed by atoms with van der Waals surface area (Å²) in [5.41, 5.74) is 7.00. The van der Waals surface area contributed by atoms with Crippen molar-refractivity contribution in [2.75, 3.05) is 5.73 Å². The van der Waals surface area contributed by atoms with Crippen LogP contribution < -0.4 is 5.73 Å². The second kappa shape index (κ2) is 4.73. The molecule has 0 unspecified atom stereocenters. The zero-order valence-electron chi connectivity index (χ0n) is 8.50. The summed E-state index contributed by atoms with van der Waals surface area (Å²) in [7, 11) is 0. The van der Waals surface area contributed by atoms with Gasteiger partial charge in [0.25, 0.3) is 0 Å².